The number of thiocarbonyl (C=S) groups is 1. The summed E-state index contributed by atoms with van der Waals surface area (Å²) in [7, 11) is 0. The van der Waals surface area contributed by atoms with E-state index in [1.807, 2.05) is 0 Å². The molecule has 0 aromatic heterocycles. The first-order chi connectivity index (χ1) is 6.70. The van der Waals surface area contributed by atoms with Crippen LogP contribution >= 0.6 is 57.7 Å². The maximum atomic E-state index is 5.42. The van der Waals surface area contributed by atoms with Crippen LogP contribution in [0.4, 0.5) is 5.69 Å². The SMILES string of the molecule is S=C1C(I)CCc2ccccc2N1I. The summed E-state index contributed by atoms with van der Waals surface area (Å²) in [4.78, 5) is 1.04. The highest BCUT2D eigenvalue weighted by Crippen LogP contribution is 2.32. The molecule has 0 bridgehead atoms. The fourth-order valence-electron chi connectivity index (χ4n) is 1.56. The Morgan fingerprint density at radius 2 is 2.07 bits per heavy atom. The molecule has 0 saturated heterocycles. The van der Waals surface area contributed by atoms with Crippen molar-refractivity contribution in [3.05, 3.63) is 29.8 Å². The van der Waals surface area contributed by atoms with E-state index in [9.17, 15) is 0 Å². The Labute approximate surface area is 117 Å². The largest absolute Gasteiger partial charge is 0.275 e. The molecule has 0 fully saturated rings. The molecule has 0 amide bonds. The number of aryl methyl sites for hydroxylation is 1. The zero-order chi connectivity index (χ0) is 10.1. The number of fused-ring (bicyclic) bond motifs is 1. The molecule has 1 aliphatic heterocycles. The van der Waals surface area contributed by atoms with Crippen LogP contribution in [0.5, 0.6) is 0 Å². The van der Waals surface area contributed by atoms with Gasteiger partial charge < -0.3 is 0 Å². The second-order valence-corrected chi connectivity index (χ2v) is 6.14. The van der Waals surface area contributed by atoms with Gasteiger partial charge in [0.05, 0.1) is 32.5 Å². The quantitative estimate of drug-likeness (QED) is 0.266. The zero-order valence-corrected chi connectivity index (χ0v) is 12.5. The van der Waals surface area contributed by atoms with Crippen LogP contribution in [0.3, 0.4) is 0 Å². The second-order valence-electron chi connectivity index (χ2n) is 3.25. The number of nitrogens with zero attached hydrogens (tertiary/aromatic N) is 1. The van der Waals surface area contributed by atoms with E-state index in [4.69, 9.17) is 12.2 Å². The Hall–Kier alpha value is 0.570. The lowest BCUT2D eigenvalue weighted by atomic mass is 10.1. The van der Waals surface area contributed by atoms with E-state index in [2.05, 4.69) is 72.8 Å². The normalized spacial score (nSPS) is 21.7. The molecule has 0 spiro atoms. The van der Waals surface area contributed by atoms with Crippen molar-refractivity contribution in [2.75, 3.05) is 3.11 Å². The third-order valence-corrected chi connectivity index (χ3v) is 5.80. The van der Waals surface area contributed by atoms with Gasteiger partial charge in [-0.05, 0) is 24.5 Å². The van der Waals surface area contributed by atoms with E-state index in [0.717, 1.165) is 17.8 Å². The number of benzene rings is 1. The van der Waals surface area contributed by atoms with Crippen LogP contribution in [0.2, 0.25) is 0 Å². The molecule has 1 nitrogen and oxygen atoms in total. The topological polar surface area (TPSA) is 3.24 Å². The van der Waals surface area contributed by atoms with Gasteiger partial charge in [0.2, 0.25) is 0 Å². The first kappa shape index (κ1) is 11.1. The monoisotopic (exact) mass is 429 g/mol. The number of rotatable bonds is 0. The summed E-state index contributed by atoms with van der Waals surface area (Å²) in [5.41, 5.74) is 2.67. The van der Waals surface area contributed by atoms with Gasteiger partial charge in [-0.1, -0.05) is 53.0 Å². The average Bonchev–Trinajstić information content (AvgIpc) is 2.32. The fourth-order valence-corrected chi connectivity index (χ4v) is 3.71. The van der Waals surface area contributed by atoms with Gasteiger partial charge in [-0.15, -0.1) is 0 Å². The highest BCUT2D eigenvalue weighted by atomic mass is 127. The Morgan fingerprint density at radius 1 is 1.36 bits per heavy atom. The third-order valence-electron chi connectivity index (χ3n) is 2.33. The molecule has 14 heavy (non-hydrogen) atoms. The lowest BCUT2D eigenvalue weighted by molar-refractivity contribution is 0.913. The predicted octanol–water partition coefficient (Wildman–Crippen LogP) is 3.92. The van der Waals surface area contributed by atoms with Crippen LogP contribution in [0.25, 0.3) is 0 Å². The van der Waals surface area contributed by atoms with Gasteiger partial charge in [0, 0.05) is 0 Å². The van der Waals surface area contributed by atoms with Crippen LogP contribution < -0.4 is 3.11 Å². The molecule has 74 valence electrons. The van der Waals surface area contributed by atoms with Crippen LogP contribution in [0.1, 0.15) is 12.0 Å². The van der Waals surface area contributed by atoms with Crippen molar-refractivity contribution in [1.82, 2.24) is 0 Å². The highest BCUT2D eigenvalue weighted by Gasteiger charge is 2.23. The summed E-state index contributed by atoms with van der Waals surface area (Å²) in [5.74, 6) is 0. The molecule has 0 aliphatic carbocycles. The first-order valence-electron chi connectivity index (χ1n) is 4.42. The Bertz CT molecular complexity index is 367. The first-order valence-corrected chi connectivity index (χ1v) is 7.04. The molecule has 1 aliphatic rings. The predicted molar refractivity (Wildman–Crippen MR) is 81.7 cm³/mol. The van der Waals surface area contributed by atoms with Crippen LogP contribution in [-0.4, -0.2) is 8.91 Å². The Morgan fingerprint density at radius 3 is 2.86 bits per heavy atom. The Balaban J connectivity index is 2.45. The molecule has 0 saturated carbocycles. The number of para-hydroxylation sites is 1. The summed E-state index contributed by atoms with van der Waals surface area (Å²) in [6.45, 7) is 0. The minimum Gasteiger partial charge on any atom is -0.275 e. The number of alkyl halides is 1. The minimum atomic E-state index is 0.479. The van der Waals surface area contributed by atoms with Crippen LogP contribution in [-0.2, 0) is 6.42 Å². The van der Waals surface area contributed by atoms with Gasteiger partial charge in [0.1, 0.15) is 4.99 Å². The molecule has 2 rings (SSSR count). The molecule has 0 radical (unpaired) electrons. The third kappa shape index (κ3) is 2.06. The number of anilines is 1. The number of hydrogen-bond acceptors (Lipinski definition) is 1. The summed E-state index contributed by atoms with van der Waals surface area (Å²) < 4.78 is 2.60. The molecular formula is C10H9I2NS. The van der Waals surface area contributed by atoms with Gasteiger partial charge in [0.25, 0.3) is 0 Å². The molecule has 4 heteroatoms. The van der Waals surface area contributed by atoms with Crippen molar-refractivity contribution in [2.45, 2.75) is 16.8 Å². The van der Waals surface area contributed by atoms with E-state index in [-0.39, 0.29) is 0 Å². The van der Waals surface area contributed by atoms with E-state index < -0.39 is 0 Å². The van der Waals surface area contributed by atoms with Gasteiger partial charge in [-0.25, -0.2) is 0 Å². The maximum Gasteiger partial charge on any atom is 0.104 e. The van der Waals surface area contributed by atoms with Crippen molar-refractivity contribution in [1.29, 1.82) is 0 Å². The van der Waals surface area contributed by atoms with Crippen molar-refractivity contribution >= 4 is 68.3 Å². The van der Waals surface area contributed by atoms with Crippen molar-refractivity contribution in [3.8, 4) is 0 Å². The summed E-state index contributed by atoms with van der Waals surface area (Å²) in [5, 5.41) is 0. The molecule has 1 heterocycles. The summed E-state index contributed by atoms with van der Waals surface area (Å²) >= 11 is 10.2. The summed E-state index contributed by atoms with van der Waals surface area (Å²) in [6, 6.07) is 8.50. The maximum absolute atomic E-state index is 5.42. The lowest BCUT2D eigenvalue weighted by Gasteiger charge is -2.18. The van der Waals surface area contributed by atoms with Gasteiger partial charge in [0.15, 0.2) is 0 Å². The van der Waals surface area contributed by atoms with Gasteiger partial charge in [-0.3, -0.25) is 3.11 Å². The molecular weight excluding hydrogens is 420 g/mol. The smallest absolute Gasteiger partial charge is 0.104 e. The van der Waals surface area contributed by atoms with Crippen LogP contribution in [0.15, 0.2) is 24.3 Å². The second kappa shape index (κ2) is 4.61. The highest BCUT2D eigenvalue weighted by molar-refractivity contribution is 14.1. The van der Waals surface area contributed by atoms with Crippen LogP contribution in [0, 0.1) is 0 Å². The molecule has 1 unspecified atom stereocenters. The zero-order valence-electron chi connectivity index (χ0n) is 7.41. The van der Waals surface area contributed by atoms with Crippen molar-refractivity contribution < 1.29 is 0 Å². The summed E-state index contributed by atoms with van der Waals surface area (Å²) in [6.07, 6.45) is 2.28. The fraction of sp³-hybridized carbons (Fsp3) is 0.300. The molecule has 1 aromatic carbocycles. The van der Waals surface area contributed by atoms with E-state index in [1.54, 1.807) is 0 Å². The minimum absolute atomic E-state index is 0.479. The molecule has 1 atom stereocenters. The van der Waals surface area contributed by atoms with Gasteiger partial charge in [-0.2, -0.15) is 0 Å². The average molecular weight is 429 g/mol. The standard InChI is InChI=1S/C10H9I2NS/c11-8-6-5-7-3-1-2-4-9(7)13(12)10(8)14/h1-4,8H,5-6H2. The van der Waals surface area contributed by atoms with Gasteiger partial charge >= 0.3 is 0 Å². The van der Waals surface area contributed by atoms with Crippen molar-refractivity contribution in [3.63, 3.8) is 0 Å². The molecule has 0 N–H and O–H groups in total. The number of hydrogen-bond donors (Lipinski definition) is 0. The number of halogens is 2. The Kier molecular flexibility index (Phi) is 3.64. The van der Waals surface area contributed by atoms with E-state index >= 15 is 0 Å². The molecule has 1 aromatic rings. The van der Waals surface area contributed by atoms with E-state index in [0.29, 0.717) is 3.92 Å². The lowest BCUT2D eigenvalue weighted by Crippen LogP contribution is -2.24. The van der Waals surface area contributed by atoms with Crippen molar-refractivity contribution in [2.24, 2.45) is 0 Å². The van der Waals surface area contributed by atoms with E-state index in [1.165, 1.54) is 11.3 Å².